The van der Waals surface area contributed by atoms with Gasteiger partial charge in [0, 0.05) is 49.1 Å². The third kappa shape index (κ3) is 3.84. The summed E-state index contributed by atoms with van der Waals surface area (Å²) in [4.78, 5) is 23.7. The maximum absolute atomic E-state index is 12.6. The first-order valence-electron chi connectivity index (χ1n) is 10.4. The fourth-order valence-electron chi connectivity index (χ4n) is 4.06. The van der Waals surface area contributed by atoms with Crippen molar-refractivity contribution in [2.75, 3.05) is 46.4 Å². The number of piperazine rings is 1. The molecule has 3 heterocycles. The minimum Gasteiger partial charge on any atom is -0.492 e. The number of fused-ring (bicyclic) bond motifs is 2. The number of nitrogens with one attached hydrogen (secondary N) is 2. The fraction of sp³-hybridized carbons (Fsp3) is 0.292. The predicted molar refractivity (Wildman–Crippen MR) is 121 cm³/mol. The second-order valence-electron chi connectivity index (χ2n) is 8.02. The summed E-state index contributed by atoms with van der Waals surface area (Å²) in [5, 5.41) is 2.05. The Morgan fingerprint density at radius 2 is 1.70 bits per heavy atom. The Morgan fingerprint density at radius 3 is 2.57 bits per heavy atom. The minimum absolute atomic E-state index is 0.0936. The molecule has 1 saturated heterocycles. The quantitative estimate of drug-likeness (QED) is 0.538. The summed E-state index contributed by atoms with van der Waals surface area (Å²) in [6.45, 7) is 6.05. The molecule has 0 unspecified atom stereocenters. The number of hydrogen-bond acceptors (Lipinski definition) is 4. The molecular weight excluding hydrogens is 376 g/mol. The van der Waals surface area contributed by atoms with Crippen LogP contribution in [0.3, 0.4) is 0 Å². The van der Waals surface area contributed by atoms with Gasteiger partial charge in [-0.15, -0.1) is 0 Å². The molecule has 4 aromatic rings. The van der Waals surface area contributed by atoms with E-state index in [0.29, 0.717) is 12.2 Å². The van der Waals surface area contributed by atoms with Crippen LogP contribution in [0.25, 0.3) is 33.1 Å². The van der Waals surface area contributed by atoms with Crippen molar-refractivity contribution in [1.29, 1.82) is 0 Å². The van der Waals surface area contributed by atoms with E-state index >= 15 is 0 Å². The first-order chi connectivity index (χ1) is 14.7. The van der Waals surface area contributed by atoms with Gasteiger partial charge >= 0.3 is 0 Å². The van der Waals surface area contributed by atoms with Gasteiger partial charge in [0.15, 0.2) is 0 Å². The number of nitrogens with zero attached hydrogens (tertiary/aromatic N) is 2. The molecule has 1 aliphatic rings. The second-order valence-corrected chi connectivity index (χ2v) is 8.02. The Kier molecular flexibility index (Phi) is 5.02. The van der Waals surface area contributed by atoms with Crippen LogP contribution in [0.15, 0.2) is 59.4 Å². The lowest BCUT2D eigenvalue weighted by Crippen LogP contribution is -2.45. The lowest BCUT2D eigenvalue weighted by molar-refractivity contribution is 0.134. The summed E-state index contributed by atoms with van der Waals surface area (Å²) >= 11 is 0. The number of rotatable bonds is 5. The molecule has 2 N–H and O–H groups in total. The topological polar surface area (TPSA) is 64.4 Å². The SMILES string of the molecule is CN1CCN(CCOc2ccc3[nH]c(-c4cc5ccccc5[nH]c4=O)cc3c2)CC1. The van der Waals surface area contributed by atoms with E-state index in [1.165, 1.54) is 0 Å². The summed E-state index contributed by atoms with van der Waals surface area (Å²) in [5.41, 5.74) is 3.19. The van der Waals surface area contributed by atoms with E-state index in [0.717, 1.165) is 66.0 Å². The number of H-pyrrole nitrogens is 2. The second kappa shape index (κ2) is 7.97. The van der Waals surface area contributed by atoms with Crippen molar-refractivity contribution in [3.8, 4) is 17.0 Å². The van der Waals surface area contributed by atoms with Gasteiger partial charge in [0.2, 0.25) is 0 Å². The zero-order valence-corrected chi connectivity index (χ0v) is 17.1. The Morgan fingerprint density at radius 1 is 0.900 bits per heavy atom. The number of ether oxygens (including phenoxy) is 1. The summed E-state index contributed by atoms with van der Waals surface area (Å²) < 4.78 is 6.00. The fourth-order valence-corrected chi connectivity index (χ4v) is 4.06. The Balaban J connectivity index is 1.33. The molecule has 0 spiro atoms. The molecule has 30 heavy (non-hydrogen) atoms. The molecule has 0 aliphatic carbocycles. The van der Waals surface area contributed by atoms with Gasteiger partial charge in [-0.1, -0.05) is 18.2 Å². The lowest BCUT2D eigenvalue weighted by Gasteiger charge is -2.32. The Labute approximate surface area is 175 Å². The molecule has 0 radical (unpaired) electrons. The molecule has 1 aliphatic heterocycles. The van der Waals surface area contributed by atoms with Gasteiger partial charge in [0.25, 0.3) is 5.56 Å². The van der Waals surface area contributed by atoms with Crippen molar-refractivity contribution in [1.82, 2.24) is 19.8 Å². The maximum Gasteiger partial charge on any atom is 0.257 e. The summed E-state index contributed by atoms with van der Waals surface area (Å²) in [6.07, 6.45) is 0. The number of para-hydroxylation sites is 1. The van der Waals surface area contributed by atoms with E-state index in [-0.39, 0.29) is 5.56 Å². The molecule has 5 rings (SSSR count). The average molecular weight is 402 g/mol. The standard InChI is InChI=1S/C24H26N4O2/c1-27-8-10-28(11-9-27)12-13-30-19-6-7-22-18(14-19)16-23(25-22)20-15-17-4-2-3-5-21(17)26-24(20)29/h2-7,14-16,25H,8-13H2,1H3,(H,26,29). The van der Waals surface area contributed by atoms with Gasteiger partial charge in [0.1, 0.15) is 12.4 Å². The minimum atomic E-state index is -0.0936. The molecule has 0 saturated carbocycles. The molecule has 0 amide bonds. The third-order valence-electron chi connectivity index (χ3n) is 5.91. The summed E-state index contributed by atoms with van der Waals surface area (Å²) in [7, 11) is 2.17. The first-order valence-corrected chi connectivity index (χ1v) is 10.4. The van der Waals surface area contributed by atoms with Crippen LogP contribution in [-0.4, -0.2) is 66.1 Å². The van der Waals surface area contributed by atoms with Crippen LogP contribution < -0.4 is 10.3 Å². The van der Waals surface area contributed by atoms with Gasteiger partial charge in [0.05, 0.1) is 11.3 Å². The Bertz CT molecular complexity index is 1230. The van der Waals surface area contributed by atoms with Crippen molar-refractivity contribution < 1.29 is 4.74 Å². The van der Waals surface area contributed by atoms with Gasteiger partial charge < -0.3 is 19.6 Å². The van der Waals surface area contributed by atoms with Crippen LogP contribution in [-0.2, 0) is 0 Å². The maximum atomic E-state index is 12.6. The van der Waals surface area contributed by atoms with Crippen LogP contribution in [0.2, 0.25) is 0 Å². The third-order valence-corrected chi connectivity index (χ3v) is 5.91. The van der Waals surface area contributed by atoms with E-state index in [1.54, 1.807) is 0 Å². The van der Waals surface area contributed by atoms with Gasteiger partial charge in [-0.2, -0.15) is 0 Å². The smallest absolute Gasteiger partial charge is 0.257 e. The highest BCUT2D eigenvalue weighted by atomic mass is 16.5. The van der Waals surface area contributed by atoms with Crippen LogP contribution >= 0.6 is 0 Å². The molecule has 6 nitrogen and oxygen atoms in total. The van der Waals surface area contributed by atoms with Crippen molar-refractivity contribution in [3.63, 3.8) is 0 Å². The molecule has 2 aromatic carbocycles. The highest BCUT2D eigenvalue weighted by Gasteiger charge is 2.13. The van der Waals surface area contributed by atoms with E-state index in [4.69, 9.17) is 4.74 Å². The van der Waals surface area contributed by atoms with Crippen LogP contribution in [0.5, 0.6) is 5.75 Å². The number of aromatic nitrogens is 2. The zero-order valence-electron chi connectivity index (χ0n) is 17.1. The lowest BCUT2D eigenvalue weighted by atomic mass is 10.1. The van der Waals surface area contributed by atoms with E-state index in [1.807, 2.05) is 54.6 Å². The van der Waals surface area contributed by atoms with Crippen molar-refractivity contribution in [2.24, 2.45) is 0 Å². The molecule has 6 heteroatoms. The monoisotopic (exact) mass is 402 g/mol. The van der Waals surface area contributed by atoms with Crippen LogP contribution in [0.1, 0.15) is 0 Å². The van der Waals surface area contributed by atoms with Gasteiger partial charge in [-0.25, -0.2) is 0 Å². The molecule has 0 bridgehead atoms. The number of aromatic amines is 2. The predicted octanol–water partition coefficient (Wildman–Crippen LogP) is 3.30. The van der Waals surface area contributed by atoms with E-state index in [9.17, 15) is 4.79 Å². The molecule has 1 fully saturated rings. The Hall–Kier alpha value is -3.09. The van der Waals surface area contributed by atoms with Crippen LogP contribution in [0.4, 0.5) is 0 Å². The number of hydrogen-bond donors (Lipinski definition) is 2. The zero-order chi connectivity index (χ0) is 20.5. The highest BCUT2D eigenvalue weighted by Crippen LogP contribution is 2.26. The van der Waals surface area contributed by atoms with Crippen LogP contribution in [0, 0.1) is 0 Å². The summed E-state index contributed by atoms with van der Waals surface area (Å²) in [5.74, 6) is 0.856. The molecule has 0 atom stereocenters. The van der Waals surface area contributed by atoms with Crippen molar-refractivity contribution >= 4 is 21.8 Å². The molecule has 154 valence electrons. The molecular formula is C24H26N4O2. The largest absolute Gasteiger partial charge is 0.492 e. The van der Waals surface area contributed by atoms with Crippen molar-refractivity contribution in [2.45, 2.75) is 0 Å². The normalized spacial score (nSPS) is 15.8. The number of benzene rings is 2. The number of pyridine rings is 1. The first kappa shape index (κ1) is 18.9. The summed E-state index contributed by atoms with van der Waals surface area (Å²) in [6, 6.07) is 17.8. The van der Waals surface area contributed by atoms with Gasteiger partial charge in [-0.3, -0.25) is 9.69 Å². The van der Waals surface area contributed by atoms with E-state index in [2.05, 4.69) is 26.8 Å². The van der Waals surface area contributed by atoms with Crippen molar-refractivity contribution in [3.05, 3.63) is 65.0 Å². The molecule has 2 aromatic heterocycles. The average Bonchev–Trinajstić information content (AvgIpc) is 3.18. The highest BCUT2D eigenvalue weighted by molar-refractivity contribution is 5.89. The van der Waals surface area contributed by atoms with Gasteiger partial charge in [-0.05, 0) is 48.8 Å². The van der Waals surface area contributed by atoms with E-state index < -0.39 is 0 Å². The number of likely N-dealkylation sites (N-methyl/N-ethyl adjacent to an activating group) is 1.